The summed E-state index contributed by atoms with van der Waals surface area (Å²) in [6.07, 6.45) is 0. The van der Waals surface area contributed by atoms with E-state index in [9.17, 15) is 0 Å². The molecule has 0 aliphatic heterocycles. The second-order valence-electron chi connectivity index (χ2n) is 3.27. The summed E-state index contributed by atoms with van der Waals surface area (Å²) in [6, 6.07) is 14.5. The highest BCUT2D eigenvalue weighted by atomic mass is 35.5. The smallest absolute Gasteiger partial charge is 0.0482 e. The first kappa shape index (κ1) is 10.5. The van der Waals surface area contributed by atoms with Crippen molar-refractivity contribution < 1.29 is 0 Å². The normalized spacial score (nSPS) is 10.2. The van der Waals surface area contributed by atoms with Crippen molar-refractivity contribution in [1.29, 1.82) is 0 Å². The molecule has 1 heterocycles. The predicted octanol–water partition coefficient (Wildman–Crippen LogP) is 4.67. The van der Waals surface area contributed by atoms with Gasteiger partial charge in [0, 0.05) is 15.6 Å². The van der Waals surface area contributed by atoms with Gasteiger partial charge in [0.1, 0.15) is 0 Å². The Morgan fingerprint density at radius 1 is 1.13 bits per heavy atom. The molecule has 0 saturated heterocycles. The van der Waals surface area contributed by atoms with Crippen LogP contribution in [0.4, 0.5) is 0 Å². The van der Waals surface area contributed by atoms with Crippen LogP contribution in [0.2, 0.25) is 0 Å². The van der Waals surface area contributed by atoms with E-state index in [1.165, 1.54) is 15.3 Å². The number of thiophene rings is 1. The quantitative estimate of drug-likeness (QED) is 0.678. The zero-order valence-electron chi connectivity index (χ0n) is 8.24. The number of rotatable bonds is 3. The van der Waals surface area contributed by atoms with Gasteiger partial charge in [-0.05, 0) is 23.3 Å². The van der Waals surface area contributed by atoms with Gasteiger partial charge in [-0.3, -0.25) is 0 Å². The Bertz CT molecular complexity index is 456. The van der Waals surface area contributed by atoms with Gasteiger partial charge in [0.25, 0.3) is 0 Å². The van der Waals surface area contributed by atoms with Gasteiger partial charge < -0.3 is 0 Å². The monoisotopic (exact) mass is 234 g/mol. The highest BCUT2D eigenvalue weighted by Gasteiger charge is 2.04. The lowest BCUT2D eigenvalue weighted by Gasteiger charge is -1.96. The van der Waals surface area contributed by atoms with E-state index in [2.05, 4.69) is 30.8 Å². The minimum absolute atomic E-state index is 0.495. The summed E-state index contributed by atoms with van der Waals surface area (Å²) in [6.45, 7) is 3.93. The van der Waals surface area contributed by atoms with Crippen molar-refractivity contribution in [3.05, 3.63) is 53.9 Å². The summed E-state index contributed by atoms with van der Waals surface area (Å²) >= 11 is 7.48. The van der Waals surface area contributed by atoms with Gasteiger partial charge in [0.2, 0.25) is 0 Å². The van der Waals surface area contributed by atoms with Crippen LogP contribution in [0.1, 0.15) is 4.88 Å². The summed E-state index contributed by atoms with van der Waals surface area (Å²) in [7, 11) is 0. The fourth-order valence-corrected chi connectivity index (χ4v) is 2.55. The number of halogens is 1. The standard InChI is InChI=1S/C13H11ClS/c1-10(9-14)12-7-8-13(15-12)11-5-3-2-4-6-11/h2-8H,1,9H2. The van der Waals surface area contributed by atoms with Crippen molar-refractivity contribution in [3.63, 3.8) is 0 Å². The second-order valence-corrected chi connectivity index (χ2v) is 4.62. The molecule has 0 amide bonds. The van der Waals surface area contributed by atoms with Crippen LogP contribution in [0, 0.1) is 0 Å². The molecule has 1 aromatic heterocycles. The van der Waals surface area contributed by atoms with Crippen LogP contribution in [0.15, 0.2) is 49.0 Å². The molecule has 2 rings (SSSR count). The molecule has 0 bridgehead atoms. The third-order valence-corrected chi connectivity index (χ3v) is 3.73. The Morgan fingerprint density at radius 3 is 2.53 bits per heavy atom. The van der Waals surface area contributed by atoms with Gasteiger partial charge in [-0.2, -0.15) is 0 Å². The molecular weight excluding hydrogens is 224 g/mol. The predicted molar refractivity (Wildman–Crippen MR) is 69.5 cm³/mol. The maximum Gasteiger partial charge on any atom is 0.0482 e. The molecule has 0 aliphatic carbocycles. The number of hydrogen-bond acceptors (Lipinski definition) is 1. The first-order valence-electron chi connectivity index (χ1n) is 4.70. The summed E-state index contributed by atoms with van der Waals surface area (Å²) in [5.74, 6) is 0.495. The Labute approximate surface area is 98.8 Å². The summed E-state index contributed by atoms with van der Waals surface area (Å²) in [4.78, 5) is 2.43. The molecule has 0 radical (unpaired) electrons. The van der Waals surface area contributed by atoms with Gasteiger partial charge in [0.05, 0.1) is 0 Å². The van der Waals surface area contributed by atoms with E-state index in [0.717, 1.165) is 5.57 Å². The van der Waals surface area contributed by atoms with E-state index in [-0.39, 0.29) is 0 Å². The van der Waals surface area contributed by atoms with Gasteiger partial charge >= 0.3 is 0 Å². The summed E-state index contributed by atoms with van der Waals surface area (Å²) in [5, 5.41) is 0. The Hall–Kier alpha value is -1.05. The molecule has 0 atom stereocenters. The van der Waals surface area contributed by atoms with Crippen LogP contribution in [0.3, 0.4) is 0 Å². The van der Waals surface area contributed by atoms with Crippen molar-refractivity contribution >= 4 is 28.5 Å². The van der Waals surface area contributed by atoms with E-state index in [0.29, 0.717) is 5.88 Å². The zero-order valence-corrected chi connectivity index (χ0v) is 9.81. The number of hydrogen-bond donors (Lipinski definition) is 0. The average molecular weight is 235 g/mol. The van der Waals surface area contributed by atoms with E-state index in [1.54, 1.807) is 11.3 Å². The average Bonchev–Trinajstić information content (AvgIpc) is 2.78. The SMILES string of the molecule is C=C(CCl)c1ccc(-c2ccccc2)s1. The molecule has 0 N–H and O–H groups in total. The van der Waals surface area contributed by atoms with Crippen LogP contribution >= 0.6 is 22.9 Å². The molecule has 15 heavy (non-hydrogen) atoms. The van der Waals surface area contributed by atoms with Crippen LogP contribution in [0.25, 0.3) is 16.0 Å². The Morgan fingerprint density at radius 2 is 1.87 bits per heavy atom. The molecule has 0 spiro atoms. The summed E-state index contributed by atoms with van der Waals surface area (Å²) < 4.78 is 0. The largest absolute Gasteiger partial charge is 0.136 e. The van der Waals surface area contributed by atoms with E-state index >= 15 is 0 Å². The van der Waals surface area contributed by atoms with Gasteiger partial charge in [-0.25, -0.2) is 0 Å². The second kappa shape index (κ2) is 4.65. The fourth-order valence-electron chi connectivity index (χ4n) is 1.35. The lowest BCUT2D eigenvalue weighted by Crippen LogP contribution is -1.75. The first-order chi connectivity index (χ1) is 7.31. The van der Waals surface area contributed by atoms with E-state index in [1.807, 2.05) is 18.2 Å². The Kier molecular flexibility index (Phi) is 3.24. The van der Waals surface area contributed by atoms with Crippen LogP contribution in [0.5, 0.6) is 0 Å². The van der Waals surface area contributed by atoms with Gasteiger partial charge in [-0.15, -0.1) is 22.9 Å². The van der Waals surface area contributed by atoms with Crippen LogP contribution < -0.4 is 0 Å². The Balaban J connectivity index is 2.32. The molecule has 76 valence electrons. The highest BCUT2D eigenvalue weighted by Crippen LogP contribution is 2.31. The number of alkyl halides is 1. The molecule has 0 aliphatic rings. The molecule has 2 aromatic rings. The topological polar surface area (TPSA) is 0 Å². The minimum atomic E-state index is 0.495. The minimum Gasteiger partial charge on any atom is -0.136 e. The van der Waals surface area contributed by atoms with Crippen LogP contribution in [-0.2, 0) is 0 Å². The zero-order chi connectivity index (χ0) is 10.7. The molecule has 0 fully saturated rings. The lowest BCUT2D eigenvalue weighted by molar-refractivity contribution is 1.70. The number of allylic oxidation sites excluding steroid dienone is 1. The van der Waals surface area contributed by atoms with Gasteiger partial charge in [-0.1, -0.05) is 36.9 Å². The first-order valence-corrected chi connectivity index (χ1v) is 6.06. The van der Waals surface area contributed by atoms with Crippen molar-refractivity contribution in [2.45, 2.75) is 0 Å². The molecular formula is C13H11ClS. The summed E-state index contributed by atoms with van der Waals surface area (Å²) in [5.41, 5.74) is 2.24. The van der Waals surface area contributed by atoms with E-state index in [4.69, 9.17) is 11.6 Å². The third-order valence-electron chi connectivity index (χ3n) is 2.17. The van der Waals surface area contributed by atoms with Crippen molar-refractivity contribution in [3.8, 4) is 10.4 Å². The van der Waals surface area contributed by atoms with Crippen molar-refractivity contribution in [1.82, 2.24) is 0 Å². The van der Waals surface area contributed by atoms with Gasteiger partial charge in [0.15, 0.2) is 0 Å². The number of benzene rings is 1. The van der Waals surface area contributed by atoms with Crippen molar-refractivity contribution in [2.75, 3.05) is 5.88 Å². The van der Waals surface area contributed by atoms with Crippen molar-refractivity contribution in [2.24, 2.45) is 0 Å². The maximum atomic E-state index is 5.75. The molecule has 0 nitrogen and oxygen atoms in total. The lowest BCUT2D eigenvalue weighted by atomic mass is 10.2. The maximum absolute atomic E-state index is 5.75. The highest BCUT2D eigenvalue weighted by molar-refractivity contribution is 7.16. The van der Waals surface area contributed by atoms with Crippen LogP contribution in [-0.4, -0.2) is 5.88 Å². The molecule has 1 aromatic carbocycles. The molecule has 2 heteroatoms. The molecule has 0 saturated carbocycles. The van der Waals surface area contributed by atoms with E-state index < -0.39 is 0 Å². The molecule has 0 unspecified atom stereocenters. The fraction of sp³-hybridized carbons (Fsp3) is 0.0769. The third kappa shape index (κ3) is 2.31.